The molecule has 3 heterocycles. The van der Waals surface area contributed by atoms with E-state index < -0.39 is 10.0 Å². The minimum Gasteiger partial charge on any atom is -0.493 e. The van der Waals surface area contributed by atoms with Gasteiger partial charge in [-0.25, -0.2) is 13.4 Å². The Hall–Kier alpha value is -2.60. The smallest absolute Gasteiger partial charge is 0.245 e. The van der Waals surface area contributed by atoms with E-state index >= 15 is 0 Å². The number of methoxy groups -OCH3 is 2. The Morgan fingerprint density at radius 1 is 1.06 bits per heavy atom. The van der Waals surface area contributed by atoms with Gasteiger partial charge in [0.2, 0.25) is 10.0 Å². The van der Waals surface area contributed by atoms with Gasteiger partial charge < -0.3 is 9.47 Å². The highest BCUT2D eigenvalue weighted by molar-refractivity contribution is 7.89. The fourth-order valence-electron chi connectivity index (χ4n) is 3.60. The van der Waals surface area contributed by atoms with E-state index in [9.17, 15) is 8.42 Å². The molecule has 160 valence electrons. The van der Waals surface area contributed by atoms with E-state index in [4.69, 9.17) is 14.5 Å². The van der Waals surface area contributed by atoms with Crippen LogP contribution in [0.2, 0.25) is 0 Å². The lowest BCUT2D eigenvalue weighted by molar-refractivity contribution is 0.355. The lowest BCUT2D eigenvalue weighted by atomic mass is 10.2. The maximum atomic E-state index is 13.4. The number of thiazole rings is 1. The Balaban J connectivity index is 1.47. The summed E-state index contributed by atoms with van der Waals surface area (Å²) in [6.45, 7) is 0.662. The number of aromatic nitrogens is 3. The average Bonchev–Trinajstić information content (AvgIpc) is 3.44. The fourth-order valence-corrected chi connectivity index (χ4v) is 6.96. The van der Waals surface area contributed by atoms with Crippen molar-refractivity contribution in [2.75, 3.05) is 20.8 Å². The molecule has 0 saturated heterocycles. The van der Waals surface area contributed by atoms with Gasteiger partial charge in [-0.2, -0.15) is 13.1 Å². The van der Waals surface area contributed by atoms with Crippen molar-refractivity contribution in [1.82, 2.24) is 18.0 Å². The Bertz CT molecular complexity index is 1380. The molecule has 2 aromatic carbocycles. The van der Waals surface area contributed by atoms with Gasteiger partial charge in [-0.3, -0.25) is 0 Å². The molecule has 1 aliphatic heterocycles. The number of rotatable bonds is 5. The Labute approximate surface area is 187 Å². The molecule has 0 saturated carbocycles. The first kappa shape index (κ1) is 20.3. The van der Waals surface area contributed by atoms with Crippen LogP contribution >= 0.6 is 23.1 Å². The number of ether oxygens (including phenoxy) is 2. The van der Waals surface area contributed by atoms with E-state index in [1.165, 1.54) is 15.6 Å². The van der Waals surface area contributed by atoms with Gasteiger partial charge in [-0.05, 0) is 30.3 Å². The van der Waals surface area contributed by atoms with Crippen LogP contribution in [0.1, 0.15) is 10.6 Å². The SMILES string of the molecule is COc1ccc(-c2nc3c(s2)CN(S(=O)(=O)c2cccc4nsnc24)CC3)cc1OC. The molecule has 0 unspecified atom stereocenters. The number of fused-ring (bicyclic) bond motifs is 2. The zero-order chi connectivity index (χ0) is 21.6. The summed E-state index contributed by atoms with van der Waals surface area (Å²) in [5.74, 6) is 1.28. The molecule has 0 bridgehead atoms. The Kier molecular flexibility index (Phi) is 5.13. The molecule has 8 nitrogen and oxygen atoms in total. The fraction of sp³-hybridized carbons (Fsp3) is 0.250. The van der Waals surface area contributed by atoms with Gasteiger partial charge in [0.05, 0.1) is 38.2 Å². The third-order valence-electron chi connectivity index (χ3n) is 5.19. The second-order valence-corrected chi connectivity index (χ2v) is 10.5. The summed E-state index contributed by atoms with van der Waals surface area (Å²) in [4.78, 5) is 5.91. The monoisotopic (exact) mass is 474 g/mol. The normalized spacial score (nSPS) is 14.5. The molecule has 4 aromatic rings. The summed E-state index contributed by atoms with van der Waals surface area (Å²) in [5, 5.41) is 0.830. The van der Waals surface area contributed by atoms with Crippen LogP contribution in [0.25, 0.3) is 21.6 Å². The predicted octanol–water partition coefficient (Wildman–Crippen LogP) is 3.58. The Morgan fingerprint density at radius 3 is 2.71 bits per heavy atom. The van der Waals surface area contributed by atoms with Crippen molar-refractivity contribution < 1.29 is 17.9 Å². The van der Waals surface area contributed by atoms with Gasteiger partial charge >= 0.3 is 0 Å². The van der Waals surface area contributed by atoms with Crippen LogP contribution in [0.5, 0.6) is 11.5 Å². The summed E-state index contributed by atoms with van der Waals surface area (Å²) in [7, 11) is -0.509. The second-order valence-electron chi connectivity index (χ2n) is 6.94. The molecule has 0 radical (unpaired) electrons. The van der Waals surface area contributed by atoms with Crippen molar-refractivity contribution in [3.05, 3.63) is 47.0 Å². The zero-order valence-electron chi connectivity index (χ0n) is 16.7. The van der Waals surface area contributed by atoms with E-state index in [2.05, 4.69) is 8.75 Å². The predicted molar refractivity (Wildman–Crippen MR) is 119 cm³/mol. The summed E-state index contributed by atoms with van der Waals surface area (Å²) in [6.07, 6.45) is 0.559. The molecule has 31 heavy (non-hydrogen) atoms. The summed E-state index contributed by atoms with van der Waals surface area (Å²) in [6, 6.07) is 10.7. The van der Waals surface area contributed by atoms with Gasteiger partial charge in [0.1, 0.15) is 20.9 Å². The van der Waals surface area contributed by atoms with Gasteiger partial charge in [-0.1, -0.05) is 6.07 Å². The van der Waals surface area contributed by atoms with Gasteiger partial charge in [0, 0.05) is 23.4 Å². The van der Waals surface area contributed by atoms with E-state index in [0.29, 0.717) is 35.5 Å². The number of sulfonamides is 1. The summed E-state index contributed by atoms with van der Waals surface area (Å²) >= 11 is 2.52. The van der Waals surface area contributed by atoms with E-state index in [1.807, 2.05) is 18.2 Å². The minimum absolute atomic E-state index is 0.201. The molecule has 2 aromatic heterocycles. The first-order valence-electron chi connectivity index (χ1n) is 9.43. The Morgan fingerprint density at radius 2 is 1.90 bits per heavy atom. The number of hydrogen-bond acceptors (Lipinski definition) is 9. The van der Waals surface area contributed by atoms with Crippen molar-refractivity contribution in [2.24, 2.45) is 0 Å². The second kappa shape index (κ2) is 7.83. The standard InChI is InChI=1S/C20H18N4O4S3/c1-27-15-7-6-12(10-16(15)28-2)20-21-13-8-9-24(11-17(13)29-20)31(25,26)18-5-3-4-14-19(18)23-30-22-14/h3-7,10H,8-9,11H2,1-2H3. The highest BCUT2D eigenvalue weighted by Gasteiger charge is 2.32. The third-order valence-corrected chi connectivity index (χ3v) is 8.74. The zero-order valence-corrected chi connectivity index (χ0v) is 19.2. The van der Waals surface area contributed by atoms with Crippen LogP contribution in [0.4, 0.5) is 0 Å². The molecule has 0 atom stereocenters. The highest BCUT2D eigenvalue weighted by atomic mass is 32.2. The molecule has 0 N–H and O–H groups in total. The van der Waals surface area contributed by atoms with Gasteiger partial charge in [-0.15, -0.1) is 11.3 Å². The van der Waals surface area contributed by atoms with Crippen LogP contribution in [0.3, 0.4) is 0 Å². The van der Waals surface area contributed by atoms with Gasteiger partial charge in [0.15, 0.2) is 11.5 Å². The first-order valence-corrected chi connectivity index (χ1v) is 12.4. The number of hydrogen-bond donors (Lipinski definition) is 0. The molecule has 5 rings (SSSR count). The molecular formula is C20H18N4O4S3. The lowest BCUT2D eigenvalue weighted by Crippen LogP contribution is -2.35. The first-order chi connectivity index (χ1) is 15.0. The summed E-state index contributed by atoms with van der Waals surface area (Å²) < 4.78 is 47.3. The molecule has 11 heteroatoms. The van der Waals surface area contributed by atoms with Crippen LogP contribution in [0, 0.1) is 0 Å². The van der Waals surface area contributed by atoms with Crippen LogP contribution in [-0.4, -0.2) is 47.2 Å². The topological polar surface area (TPSA) is 94.5 Å². The molecule has 0 aliphatic carbocycles. The summed E-state index contributed by atoms with van der Waals surface area (Å²) in [5.41, 5.74) is 2.87. The molecule has 0 spiro atoms. The molecule has 0 fully saturated rings. The van der Waals surface area contributed by atoms with E-state index in [0.717, 1.165) is 32.9 Å². The van der Waals surface area contributed by atoms with Crippen molar-refractivity contribution in [3.8, 4) is 22.1 Å². The maximum Gasteiger partial charge on any atom is 0.245 e. The number of nitrogens with zero attached hydrogens (tertiary/aromatic N) is 4. The minimum atomic E-state index is -3.70. The number of benzene rings is 2. The van der Waals surface area contributed by atoms with E-state index in [-0.39, 0.29) is 11.4 Å². The van der Waals surface area contributed by atoms with Crippen LogP contribution < -0.4 is 9.47 Å². The average molecular weight is 475 g/mol. The maximum absolute atomic E-state index is 13.4. The largest absolute Gasteiger partial charge is 0.493 e. The molecular weight excluding hydrogens is 456 g/mol. The molecule has 1 aliphatic rings. The van der Waals surface area contributed by atoms with Crippen molar-refractivity contribution in [2.45, 2.75) is 17.9 Å². The van der Waals surface area contributed by atoms with Crippen LogP contribution in [0.15, 0.2) is 41.3 Å². The third kappa shape index (κ3) is 3.47. The highest BCUT2D eigenvalue weighted by Crippen LogP contribution is 2.37. The van der Waals surface area contributed by atoms with Crippen molar-refractivity contribution >= 4 is 44.1 Å². The quantitative estimate of drug-likeness (QED) is 0.436. The van der Waals surface area contributed by atoms with Crippen molar-refractivity contribution in [1.29, 1.82) is 0 Å². The van der Waals surface area contributed by atoms with Gasteiger partial charge in [0.25, 0.3) is 0 Å². The lowest BCUT2D eigenvalue weighted by Gasteiger charge is -2.25. The molecule has 0 amide bonds. The van der Waals surface area contributed by atoms with E-state index in [1.54, 1.807) is 32.4 Å². The van der Waals surface area contributed by atoms with Crippen LogP contribution in [-0.2, 0) is 23.0 Å². The van der Waals surface area contributed by atoms with Crippen molar-refractivity contribution in [3.63, 3.8) is 0 Å².